The van der Waals surface area contributed by atoms with Gasteiger partial charge < -0.3 is 10.2 Å². The Balaban J connectivity index is -0.0000000150. The van der Waals surface area contributed by atoms with Gasteiger partial charge in [-0.2, -0.15) is 0 Å². The number of hydrogen-bond donors (Lipinski definition) is 2. The third-order valence-corrected chi connectivity index (χ3v) is 0. The van der Waals surface area contributed by atoms with Crippen LogP contribution in [0.1, 0.15) is 0 Å². The van der Waals surface area contributed by atoms with Crippen molar-refractivity contribution in [2.24, 2.45) is 0 Å². The van der Waals surface area contributed by atoms with E-state index in [9.17, 15) is 0 Å². The summed E-state index contributed by atoms with van der Waals surface area (Å²) in [5.74, 6) is 0. The first-order valence-electron chi connectivity index (χ1n) is 0.651. The predicted molar refractivity (Wildman–Crippen MR) is 16.4 cm³/mol. The van der Waals surface area contributed by atoms with E-state index in [4.69, 9.17) is 15.0 Å². The van der Waals surface area contributed by atoms with Crippen LogP contribution in [-0.4, -0.2) is 54.1 Å². The molecule has 0 heterocycles. The molecular formula is CH2CaEu2O3. The van der Waals surface area contributed by atoms with E-state index in [2.05, 4.69) is 0 Å². The minimum absolute atomic E-state index is 0. The number of carboxylic acid groups (broad SMARTS) is 2. The minimum atomic E-state index is -1.83. The molecule has 0 rings (SSSR count). The summed E-state index contributed by atoms with van der Waals surface area (Å²) in [6.45, 7) is 0. The fourth-order valence-corrected chi connectivity index (χ4v) is 0. The van der Waals surface area contributed by atoms with Crippen LogP contribution in [0.3, 0.4) is 0 Å². The summed E-state index contributed by atoms with van der Waals surface area (Å²) in [7, 11) is 0. The molecule has 0 aliphatic carbocycles. The van der Waals surface area contributed by atoms with Gasteiger partial charge in [-0.15, -0.1) is 0 Å². The molecule has 0 aliphatic rings. The van der Waals surface area contributed by atoms with Crippen LogP contribution in [0.2, 0.25) is 0 Å². The molecule has 0 bridgehead atoms. The molecule has 0 aliphatic heterocycles. The largest absolute Gasteiger partial charge is 0.503 e. The van der Waals surface area contributed by atoms with Gasteiger partial charge in [-0.1, -0.05) is 0 Å². The molecule has 0 amide bonds. The molecule has 6 heteroatoms. The Morgan fingerprint density at radius 1 is 1.14 bits per heavy atom. The van der Waals surface area contributed by atoms with E-state index in [1.54, 1.807) is 0 Å². The van der Waals surface area contributed by atoms with Crippen LogP contribution in [0.15, 0.2) is 0 Å². The van der Waals surface area contributed by atoms with Crippen molar-refractivity contribution >= 4 is 43.9 Å². The summed E-state index contributed by atoms with van der Waals surface area (Å²) in [6.07, 6.45) is -1.83. The van der Waals surface area contributed by atoms with Crippen molar-refractivity contribution in [3.05, 3.63) is 0 Å². The molecular weight excluding hydrogens is 404 g/mol. The predicted octanol–water partition coefficient (Wildman–Crippen LogP) is -0.158. The third kappa shape index (κ3) is 42.0. The minimum Gasteiger partial charge on any atom is -0.450 e. The van der Waals surface area contributed by atoms with Crippen LogP contribution in [0.5, 0.6) is 0 Å². The monoisotopic (exact) mass is 408 g/mol. The summed E-state index contributed by atoms with van der Waals surface area (Å²) in [6, 6.07) is 0. The van der Waals surface area contributed by atoms with E-state index >= 15 is 0 Å². The Morgan fingerprint density at radius 2 is 1.14 bits per heavy atom. The third-order valence-electron chi connectivity index (χ3n) is 0. The van der Waals surface area contributed by atoms with Gasteiger partial charge in [0.15, 0.2) is 0 Å². The molecule has 2 N–H and O–H groups in total. The Labute approximate surface area is 153 Å². The van der Waals surface area contributed by atoms with Gasteiger partial charge in [0.2, 0.25) is 0 Å². The van der Waals surface area contributed by atoms with Gasteiger partial charge in [0.1, 0.15) is 0 Å². The molecule has 0 aromatic carbocycles. The maximum atomic E-state index is 8.56. The van der Waals surface area contributed by atoms with Crippen LogP contribution in [-0.2, 0) is 0 Å². The van der Waals surface area contributed by atoms with Gasteiger partial charge in [0.05, 0.1) is 0 Å². The SMILES string of the molecule is O=C(O)O.[Ca].[Eu].[Eu]. The second kappa shape index (κ2) is 16.4. The molecule has 3 nitrogen and oxygen atoms in total. The molecule has 0 aromatic heterocycles. The van der Waals surface area contributed by atoms with Crippen molar-refractivity contribution in [2.75, 3.05) is 0 Å². The van der Waals surface area contributed by atoms with E-state index in [1.165, 1.54) is 0 Å². The van der Waals surface area contributed by atoms with E-state index in [0.29, 0.717) is 0 Å². The quantitative estimate of drug-likeness (QED) is 0.551. The Kier molecular flexibility index (Phi) is 52.4. The number of carbonyl (C=O) groups is 1. The van der Waals surface area contributed by atoms with Crippen LogP contribution in [0, 0.1) is 98.8 Å². The van der Waals surface area contributed by atoms with E-state index in [1.807, 2.05) is 0 Å². The zero-order chi connectivity index (χ0) is 3.58. The van der Waals surface area contributed by atoms with E-state index in [0.717, 1.165) is 0 Å². The molecule has 0 saturated carbocycles. The van der Waals surface area contributed by atoms with Crippen LogP contribution in [0.4, 0.5) is 4.79 Å². The van der Waals surface area contributed by atoms with E-state index in [-0.39, 0.29) is 136 Å². The molecule has 0 atom stereocenters. The maximum Gasteiger partial charge on any atom is 0.503 e. The van der Waals surface area contributed by atoms with Gasteiger partial charge in [-0.05, 0) is 0 Å². The van der Waals surface area contributed by atoms with E-state index < -0.39 is 6.16 Å². The first-order chi connectivity index (χ1) is 1.73. The zero-order valence-corrected chi connectivity index (χ0v) is 10.3. The first kappa shape index (κ1) is 22.4. The molecule has 40 valence electrons. The fourth-order valence-electron chi connectivity index (χ4n) is 0. The number of hydrogen-bond acceptors (Lipinski definition) is 1. The smallest absolute Gasteiger partial charge is 0.450 e. The summed E-state index contributed by atoms with van der Waals surface area (Å²) in [4.78, 5) is 8.56. The molecule has 4 radical (unpaired) electrons. The summed E-state index contributed by atoms with van der Waals surface area (Å²) >= 11 is 0. The van der Waals surface area contributed by atoms with Crippen LogP contribution in [0.25, 0.3) is 0 Å². The standard InChI is InChI=1S/CH2O3.Ca.2Eu/c2-1(3)4;;;/h(H2,2,3,4);;;. The van der Waals surface area contributed by atoms with Gasteiger partial charge in [0, 0.05) is 136 Å². The Morgan fingerprint density at radius 3 is 1.14 bits per heavy atom. The molecule has 0 saturated heterocycles. The Hall–Kier alpha value is 3.70. The normalized spacial score (nSPS) is 3.43. The van der Waals surface area contributed by atoms with Gasteiger partial charge in [-0.25, -0.2) is 4.79 Å². The molecule has 0 aromatic rings. The van der Waals surface area contributed by atoms with Crippen molar-refractivity contribution in [1.29, 1.82) is 0 Å². The zero-order valence-electron chi connectivity index (χ0n) is 3.27. The number of rotatable bonds is 0. The summed E-state index contributed by atoms with van der Waals surface area (Å²) < 4.78 is 0. The maximum absolute atomic E-state index is 8.56. The van der Waals surface area contributed by atoms with Gasteiger partial charge in [-0.3, -0.25) is 0 Å². The van der Waals surface area contributed by atoms with Crippen molar-refractivity contribution < 1.29 is 114 Å². The molecule has 0 spiro atoms. The van der Waals surface area contributed by atoms with Crippen molar-refractivity contribution in [3.63, 3.8) is 0 Å². The summed E-state index contributed by atoms with van der Waals surface area (Å²) in [5.41, 5.74) is 0. The topological polar surface area (TPSA) is 57.5 Å². The summed E-state index contributed by atoms with van der Waals surface area (Å²) in [5, 5.41) is 13.9. The van der Waals surface area contributed by atoms with Crippen molar-refractivity contribution in [3.8, 4) is 0 Å². The second-order valence-electron chi connectivity index (χ2n) is 0.283. The second-order valence-corrected chi connectivity index (χ2v) is 0.283. The average Bonchev–Trinajstić information content (AvgIpc) is 0.811. The first-order valence-corrected chi connectivity index (χ1v) is 0.651. The Bertz CT molecular complexity index is 35.9. The molecule has 0 unspecified atom stereocenters. The fraction of sp³-hybridized carbons (Fsp3) is 0. The van der Waals surface area contributed by atoms with Crippen molar-refractivity contribution in [2.45, 2.75) is 0 Å². The van der Waals surface area contributed by atoms with Crippen LogP contribution < -0.4 is 0 Å². The van der Waals surface area contributed by atoms with Gasteiger partial charge >= 0.3 is 6.16 Å². The molecule has 7 heavy (non-hydrogen) atoms. The molecule has 0 fully saturated rings. The van der Waals surface area contributed by atoms with Crippen LogP contribution >= 0.6 is 0 Å². The van der Waals surface area contributed by atoms with Gasteiger partial charge in [0.25, 0.3) is 0 Å². The average molecular weight is 406 g/mol. The van der Waals surface area contributed by atoms with Crippen molar-refractivity contribution in [1.82, 2.24) is 0 Å².